The highest BCUT2D eigenvalue weighted by Crippen LogP contribution is 2.21. The van der Waals surface area contributed by atoms with Crippen molar-refractivity contribution in [3.05, 3.63) is 47.1 Å². The van der Waals surface area contributed by atoms with E-state index in [2.05, 4.69) is 15.0 Å². The van der Waals surface area contributed by atoms with Gasteiger partial charge in [0.25, 0.3) is 0 Å². The highest BCUT2D eigenvalue weighted by atomic mass is 19.1. The van der Waals surface area contributed by atoms with Crippen molar-refractivity contribution in [1.29, 1.82) is 0 Å². The molecule has 0 radical (unpaired) electrons. The molecule has 1 aromatic heterocycles. The first-order valence-electron chi connectivity index (χ1n) is 5.04. The maximum absolute atomic E-state index is 13.3. The molecule has 2 rings (SSSR count). The van der Waals surface area contributed by atoms with Gasteiger partial charge in [0.1, 0.15) is 11.5 Å². The van der Waals surface area contributed by atoms with Gasteiger partial charge in [0, 0.05) is 18.2 Å². The Hall–Kier alpha value is -2.51. The van der Waals surface area contributed by atoms with Crippen LogP contribution in [-0.4, -0.2) is 16.2 Å². The number of carboxylic acid groups (broad SMARTS) is 1. The number of nitrogens with one attached hydrogen (secondary N) is 1. The monoisotopic (exact) mass is 272 g/mol. The number of hydrogen-bond donors (Lipinski definition) is 2. The van der Waals surface area contributed by atoms with Crippen LogP contribution in [0.15, 0.2) is 22.7 Å². The largest absolute Gasteiger partial charge is 0.476 e. The van der Waals surface area contributed by atoms with Crippen molar-refractivity contribution in [3.8, 4) is 0 Å². The molecule has 19 heavy (non-hydrogen) atoms. The van der Waals surface area contributed by atoms with Gasteiger partial charge in [0.15, 0.2) is 23.1 Å². The maximum Gasteiger partial charge on any atom is 0.358 e. The van der Waals surface area contributed by atoms with E-state index in [0.29, 0.717) is 12.1 Å². The van der Waals surface area contributed by atoms with E-state index in [-0.39, 0.29) is 18.0 Å². The average molecular weight is 272 g/mol. The second-order valence-electron chi connectivity index (χ2n) is 3.58. The zero-order chi connectivity index (χ0) is 14.0. The summed E-state index contributed by atoms with van der Waals surface area (Å²) < 4.78 is 43.8. The minimum absolute atomic E-state index is 0.0699. The molecular formula is C11H7F3N2O3. The minimum atomic E-state index is -1.28. The van der Waals surface area contributed by atoms with Gasteiger partial charge in [-0.05, 0) is 0 Å². The summed E-state index contributed by atoms with van der Waals surface area (Å²) in [5.74, 6) is -4.45. The van der Waals surface area contributed by atoms with Crippen molar-refractivity contribution in [2.24, 2.45) is 0 Å². The number of nitrogens with zero attached hydrogens (tertiary/aromatic N) is 1. The molecule has 5 nitrogen and oxygen atoms in total. The Morgan fingerprint density at radius 3 is 2.42 bits per heavy atom. The Morgan fingerprint density at radius 2 is 1.89 bits per heavy atom. The van der Waals surface area contributed by atoms with Gasteiger partial charge in [-0.2, -0.15) is 0 Å². The molecule has 1 heterocycles. The molecule has 0 unspecified atom stereocenters. The van der Waals surface area contributed by atoms with Crippen LogP contribution in [0, 0.1) is 17.5 Å². The number of rotatable bonds is 4. The van der Waals surface area contributed by atoms with E-state index in [1.165, 1.54) is 0 Å². The quantitative estimate of drug-likeness (QED) is 0.893. The summed E-state index contributed by atoms with van der Waals surface area (Å²) in [5.41, 5.74) is -0.855. The minimum Gasteiger partial charge on any atom is -0.476 e. The molecule has 0 fully saturated rings. The third kappa shape index (κ3) is 2.84. The van der Waals surface area contributed by atoms with E-state index in [1.807, 2.05) is 0 Å². The van der Waals surface area contributed by atoms with Crippen molar-refractivity contribution in [2.75, 3.05) is 5.32 Å². The van der Waals surface area contributed by atoms with Crippen LogP contribution < -0.4 is 5.32 Å². The normalized spacial score (nSPS) is 10.5. The summed E-state index contributed by atoms with van der Waals surface area (Å²) in [6.45, 7) is -0.195. The lowest BCUT2D eigenvalue weighted by molar-refractivity contribution is 0.0685. The summed E-state index contributed by atoms with van der Waals surface area (Å²) in [4.78, 5) is 10.5. The summed E-state index contributed by atoms with van der Waals surface area (Å²) in [7, 11) is 0. The molecule has 0 spiro atoms. The van der Waals surface area contributed by atoms with E-state index in [0.717, 1.165) is 6.07 Å². The first-order valence-corrected chi connectivity index (χ1v) is 5.04. The fraction of sp³-hybridized carbons (Fsp3) is 0.0909. The SMILES string of the molecule is O=C(O)c1cc(CNc2c(F)cc(F)cc2F)on1. The number of aromatic carboxylic acids is 1. The van der Waals surface area contributed by atoms with Gasteiger partial charge in [-0.15, -0.1) is 0 Å². The van der Waals surface area contributed by atoms with Crippen LogP contribution in [0.5, 0.6) is 0 Å². The molecule has 0 atom stereocenters. The molecule has 8 heteroatoms. The van der Waals surface area contributed by atoms with Gasteiger partial charge < -0.3 is 14.9 Å². The molecule has 0 bridgehead atoms. The predicted molar refractivity (Wildman–Crippen MR) is 57.1 cm³/mol. The van der Waals surface area contributed by atoms with Gasteiger partial charge in [0.2, 0.25) is 0 Å². The second-order valence-corrected chi connectivity index (χ2v) is 3.58. The summed E-state index contributed by atoms with van der Waals surface area (Å²) in [5, 5.41) is 14.2. The fourth-order valence-corrected chi connectivity index (χ4v) is 1.38. The van der Waals surface area contributed by atoms with Crippen molar-refractivity contribution in [1.82, 2.24) is 5.16 Å². The average Bonchev–Trinajstić information content (AvgIpc) is 2.76. The second kappa shape index (κ2) is 5.01. The van der Waals surface area contributed by atoms with Gasteiger partial charge >= 0.3 is 5.97 Å². The molecule has 2 N–H and O–H groups in total. The van der Waals surface area contributed by atoms with Gasteiger partial charge in [-0.1, -0.05) is 5.16 Å². The summed E-state index contributed by atoms with van der Waals surface area (Å²) >= 11 is 0. The third-order valence-corrected chi connectivity index (χ3v) is 2.22. The number of hydrogen-bond acceptors (Lipinski definition) is 4. The van der Waals surface area contributed by atoms with Crippen LogP contribution in [0.3, 0.4) is 0 Å². The molecule has 100 valence electrons. The van der Waals surface area contributed by atoms with E-state index in [4.69, 9.17) is 5.11 Å². The van der Waals surface area contributed by atoms with E-state index in [9.17, 15) is 18.0 Å². The van der Waals surface area contributed by atoms with Crippen LogP contribution in [0.4, 0.5) is 18.9 Å². The van der Waals surface area contributed by atoms with Crippen LogP contribution in [0.2, 0.25) is 0 Å². The van der Waals surface area contributed by atoms with Crippen LogP contribution in [0.1, 0.15) is 16.2 Å². The molecule has 0 aliphatic rings. The molecule has 0 aliphatic carbocycles. The first kappa shape index (κ1) is 12.9. The van der Waals surface area contributed by atoms with Gasteiger partial charge in [-0.3, -0.25) is 0 Å². The maximum atomic E-state index is 13.3. The van der Waals surface area contributed by atoms with E-state index < -0.39 is 29.1 Å². The molecule has 0 amide bonds. The lowest BCUT2D eigenvalue weighted by Gasteiger charge is -2.06. The topological polar surface area (TPSA) is 75.4 Å². The van der Waals surface area contributed by atoms with E-state index in [1.54, 1.807) is 0 Å². The standard InChI is InChI=1S/C11H7F3N2O3/c12-5-1-7(13)10(8(14)2-5)15-4-6-3-9(11(17)18)16-19-6/h1-3,15H,4H2,(H,17,18). The Balaban J connectivity index is 2.12. The number of halogens is 3. The highest BCUT2D eigenvalue weighted by molar-refractivity contribution is 5.85. The van der Waals surface area contributed by atoms with Gasteiger partial charge in [-0.25, -0.2) is 18.0 Å². The Labute approximate surface area is 104 Å². The summed E-state index contributed by atoms with van der Waals surface area (Å²) in [6, 6.07) is 2.15. The zero-order valence-corrected chi connectivity index (χ0v) is 9.28. The number of aromatic nitrogens is 1. The Bertz CT molecular complexity index is 604. The van der Waals surface area contributed by atoms with Crippen molar-refractivity contribution < 1.29 is 27.6 Å². The van der Waals surface area contributed by atoms with Crippen LogP contribution in [0.25, 0.3) is 0 Å². The van der Waals surface area contributed by atoms with Crippen molar-refractivity contribution in [2.45, 2.75) is 6.54 Å². The molecule has 0 saturated carbocycles. The highest BCUT2D eigenvalue weighted by Gasteiger charge is 2.14. The van der Waals surface area contributed by atoms with E-state index >= 15 is 0 Å². The van der Waals surface area contributed by atoms with Crippen molar-refractivity contribution >= 4 is 11.7 Å². The number of benzene rings is 1. The smallest absolute Gasteiger partial charge is 0.358 e. The lowest BCUT2D eigenvalue weighted by Crippen LogP contribution is -2.04. The molecule has 0 aliphatic heterocycles. The molecule has 1 aromatic carbocycles. The molecule has 2 aromatic rings. The number of anilines is 1. The van der Waals surface area contributed by atoms with Gasteiger partial charge in [0.05, 0.1) is 6.54 Å². The first-order chi connectivity index (χ1) is 8.97. The predicted octanol–water partition coefficient (Wildman–Crippen LogP) is 2.40. The molecule has 0 saturated heterocycles. The Morgan fingerprint density at radius 1 is 1.26 bits per heavy atom. The fourth-order valence-electron chi connectivity index (χ4n) is 1.38. The number of carboxylic acids is 1. The zero-order valence-electron chi connectivity index (χ0n) is 9.28. The third-order valence-electron chi connectivity index (χ3n) is 2.22. The summed E-state index contributed by atoms with van der Waals surface area (Å²) in [6.07, 6.45) is 0. The molecular weight excluding hydrogens is 265 g/mol. The lowest BCUT2D eigenvalue weighted by atomic mass is 10.2. The van der Waals surface area contributed by atoms with Crippen LogP contribution >= 0.6 is 0 Å². The van der Waals surface area contributed by atoms with Crippen molar-refractivity contribution in [3.63, 3.8) is 0 Å². The Kier molecular flexibility index (Phi) is 3.41. The van der Waals surface area contributed by atoms with Crippen LogP contribution in [-0.2, 0) is 6.54 Å². The number of carbonyl (C=O) groups is 1.